The van der Waals surface area contributed by atoms with Crippen molar-refractivity contribution in [2.75, 3.05) is 25.6 Å². The smallest absolute Gasteiger partial charge is 0.236 e. The van der Waals surface area contributed by atoms with E-state index >= 15 is 0 Å². The molecule has 0 fully saturated rings. The maximum absolute atomic E-state index is 11.9. The van der Waals surface area contributed by atoms with Crippen LogP contribution in [0.3, 0.4) is 0 Å². The summed E-state index contributed by atoms with van der Waals surface area (Å²) in [7, 11) is 1.90. The highest BCUT2D eigenvalue weighted by atomic mass is 32.2. The Hall–Kier alpha value is -0.220. The summed E-state index contributed by atoms with van der Waals surface area (Å²) in [6.45, 7) is 8.76. The second kappa shape index (κ2) is 7.17. The molecule has 0 bridgehead atoms. The van der Waals surface area contributed by atoms with Gasteiger partial charge in [-0.15, -0.1) is 0 Å². The highest BCUT2D eigenvalue weighted by molar-refractivity contribution is 7.98. The predicted molar refractivity (Wildman–Crippen MR) is 73.0 cm³/mol. The fraction of sp³-hybridized carbons (Fsp3) is 0.917. The summed E-state index contributed by atoms with van der Waals surface area (Å²) < 4.78 is 0. The Bertz CT molecular complexity index is 214. The van der Waals surface area contributed by atoms with Crippen LogP contribution in [0, 0.1) is 0 Å². The van der Waals surface area contributed by atoms with Crippen LogP contribution in [0.5, 0.6) is 0 Å². The Morgan fingerprint density at radius 2 is 2.00 bits per heavy atom. The van der Waals surface area contributed by atoms with Crippen molar-refractivity contribution in [3.63, 3.8) is 0 Å². The fourth-order valence-corrected chi connectivity index (χ4v) is 2.21. The molecule has 0 radical (unpaired) electrons. The molecule has 1 unspecified atom stereocenters. The van der Waals surface area contributed by atoms with Crippen LogP contribution < -0.4 is 5.32 Å². The van der Waals surface area contributed by atoms with E-state index in [0.29, 0.717) is 12.6 Å². The normalized spacial score (nSPS) is 13.6. The number of nitrogens with one attached hydrogen (secondary N) is 1. The minimum absolute atomic E-state index is 0.00226. The van der Waals surface area contributed by atoms with Gasteiger partial charge < -0.3 is 10.2 Å². The van der Waals surface area contributed by atoms with Gasteiger partial charge in [0.15, 0.2) is 0 Å². The second-order valence-corrected chi connectivity index (χ2v) is 6.04. The van der Waals surface area contributed by atoms with E-state index in [1.165, 1.54) is 0 Å². The molecule has 0 rings (SSSR count). The molecular weight excluding hydrogens is 220 g/mol. The largest absolute Gasteiger partial charge is 0.341 e. The van der Waals surface area contributed by atoms with Gasteiger partial charge in [-0.25, -0.2) is 0 Å². The van der Waals surface area contributed by atoms with Crippen molar-refractivity contribution in [3.05, 3.63) is 0 Å². The van der Waals surface area contributed by atoms with Crippen molar-refractivity contribution in [3.8, 4) is 0 Å². The molecular formula is C12H26N2OS. The van der Waals surface area contributed by atoms with Crippen molar-refractivity contribution >= 4 is 17.7 Å². The molecule has 96 valence electrons. The van der Waals surface area contributed by atoms with E-state index in [-0.39, 0.29) is 11.4 Å². The maximum atomic E-state index is 11.9. The topological polar surface area (TPSA) is 32.3 Å². The van der Waals surface area contributed by atoms with Crippen molar-refractivity contribution in [1.82, 2.24) is 10.2 Å². The van der Waals surface area contributed by atoms with Gasteiger partial charge in [0, 0.05) is 24.4 Å². The zero-order chi connectivity index (χ0) is 12.8. The molecule has 0 aliphatic heterocycles. The summed E-state index contributed by atoms with van der Waals surface area (Å²) in [6, 6.07) is 0.351. The Labute approximate surface area is 104 Å². The van der Waals surface area contributed by atoms with Gasteiger partial charge in [-0.05, 0) is 33.4 Å². The van der Waals surface area contributed by atoms with Crippen LogP contribution in [0.15, 0.2) is 0 Å². The summed E-state index contributed by atoms with van der Waals surface area (Å²) in [5.74, 6) is 1.18. The molecule has 0 aliphatic rings. The van der Waals surface area contributed by atoms with Gasteiger partial charge in [-0.1, -0.05) is 6.92 Å². The zero-order valence-corrected chi connectivity index (χ0v) is 12.3. The van der Waals surface area contributed by atoms with Crippen LogP contribution in [-0.2, 0) is 4.79 Å². The molecule has 1 N–H and O–H groups in total. The molecule has 0 aromatic rings. The van der Waals surface area contributed by atoms with Crippen LogP contribution >= 0.6 is 11.8 Å². The van der Waals surface area contributed by atoms with E-state index in [0.717, 1.165) is 12.2 Å². The van der Waals surface area contributed by atoms with Crippen LogP contribution in [0.25, 0.3) is 0 Å². The van der Waals surface area contributed by atoms with E-state index in [9.17, 15) is 4.79 Å². The molecule has 4 heteroatoms. The average molecular weight is 246 g/mol. The molecule has 0 heterocycles. The molecule has 0 saturated carbocycles. The summed E-state index contributed by atoms with van der Waals surface area (Å²) in [5.41, 5.74) is -0.00226. The standard InChI is InChI=1S/C12H26N2OS/c1-7-10(9-16-6)14(5)11(15)8-13-12(2,3)4/h10,13H,7-9H2,1-6H3. The lowest BCUT2D eigenvalue weighted by molar-refractivity contribution is -0.131. The number of rotatable bonds is 6. The lowest BCUT2D eigenvalue weighted by Crippen LogP contribution is -2.47. The molecule has 0 aromatic heterocycles. The first-order valence-corrected chi connectivity index (χ1v) is 7.20. The number of hydrogen-bond acceptors (Lipinski definition) is 3. The first-order chi connectivity index (χ1) is 7.31. The predicted octanol–water partition coefficient (Wildman–Crippen LogP) is 1.97. The number of amides is 1. The van der Waals surface area contributed by atoms with E-state index in [2.05, 4.69) is 39.3 Å². The first kappa shape index (κ1) is 15.8. The Morgan fingerprint density at radius 3 is 2.38 bits per heavy atom. The van der Waals surface area contributed by atoms with Gasteiger partial charge >= 0.3 is 0 Å². The van der Waals surface area contributed by atoms with E-state index < -0.39 is 0 Å². The molecule has 0 spiro atoms. The minimum atomic E-state index is -0.00226. The van der Waals surface area contributed by atoms with Crippen molar-refractivity contribution < 1.29 is 4.79 Å². The molecule has 1 amide bonds. The third kappa shape index (κ3) is 6.38. The Kier molecular flexibility index (Phi) is 7.07. The third-order valence-electron chi connectivity index (χ3n) is 2.54. The van der Waals surface area contributed by atoms with Crippen LogP contribution in [-0.4, -0.2) is 48.0 Å². The Balaban J connectivity index is 4.15. The van der Waals surface area contributed by atoms with Crippen LogP contribution in [0.4, 0.5) is 0 Å². The van der Waals surface area contributed by atoms with Gasteiger partial charge in [-0.2, -0.15) is 11.8 Å². The number of carbonyl (C=O) groups is 1. The van der Waals surface area contributed by atoms with Gasteiger partial charge in [-0.3, -0.25) is 4.79 Å². The van der Waals surface area contributed by atoms with E-state index in [1.54, 1.807) is 11.8 Å². The summed E-state index contributed by atoms with van der Waals surface area (Å²) in [5, 5.41) is 3.23. The number of carbonyl (C=O) groups excluding carboxylic acids is 1. The Morgan fingerprint density at radius 1 is 1.44 bits per heavy atom. The lowest BCUT2D eigenvalue weighted by Gasteiger charge is -2.28. The number of likely N-dealkylation sites (N-methyl/N-ethyl adjacent to an activating group) is 1. The summed E-state index contributed by atoms with van der Waals surface area (Å²) in [4.78, 5) is 13.8. The van der Waals surface area contributed by atoms with Gasteiger partial charge in [0.25, 0.3) is 0 Å². The van der Waals surface area contributed by atoms with Gasteiger partial charge in [0.1, 0.15) is 0 Å². The third-order valence-corrected chi connectivity index (χ3v) is 3.26. The lowest BCUT2D eigenvalue weighted by atomic mass is 10.1. The maximum Gasteiger partial charge on any atom is 0.236 e. The van der Waals surface area contributed by atoms with Crippen molar-refractivity contribution in [2.24, 2.45) is 0 Å². The number of hydrogen-bond donors (Lipinski definition) is 1. The first-order valence-electron chi connectivity index (χ1n) is 5.81. The van der Waals surface area contributed by atoms with Crippen molar-refractivity contribution in [1.29, 1.82) is 0 Å². The monoisotopic (exact) mass is 246 g/mol. The highest BCUT2D eigenvalue weighted by Gasteiger charge is 2.19. The molecule has 0 aliphatic carbocycles. The fourth-order valence-electron chi connectivity index (χ4n) is 1.37. The minimum Gasteiger partial charge on any atom is -0.341 e. The van der Waals surface area contributed by atoms with Gasteiger partial charge in [0.2, 0.25) is 5.91 Å². The number of thioether (sulfide) groups is 1. The molecule has 3 nitrogen and oxygen atoms in total. The van der Waals surface area contributed by atoms with Crippen LogP contribution in [0.2, 0.25) is 0 Å². The molecule has 0 aromatic carbocycles. The van der Waals surface area contributed by atoms with Crippen LogP contribution in [0.1, 0.15) is 34.1 Å². The quantitative estimate of drug-likeness (QED) is 0.778. The SMILES string of the molecule is CCC(CSC)N(C)C(=O)CNC(C)(C)C. The van der Waals surface area contributed by atoms with Crippen molar-refractivity contribution in [2.45, 2.75) is 45.7 Å². The summed E-state index contributed by atoms with van der Waals surface area (Å²) >= 11 is 1.79. The molecule has 16 heavy (non-hydrogen) atoms. The molecule has 0 saturated heterocycles. The van der Waals surface area contributed by atoms with Gasteiger partial charge in [0.05, 0.1) is 6.54 Å². The van der Waals surface area contributed by atoms with E-state index in [1.807, 2.05) is 11.9 Å². The molecule has 1 atom stereocenters. The zero-order valence-electron chi connectivity index (χ0n) is 11.5. The summed E-state index contributed by atoms with van der Waals surface area (Å²) in [6.07, 6.45) is 3.09. The number of nitrogens with zero attached hydrogens (tertiary/aromatic N) is 1. The highest BCUT2D eigenvalue weighted by Crippen LogP contribution is 2.08. The average Bonchev–Trinajstić information content (AvgIpc) is 2.20. The van der Waals surface area contributed by atoms with E-state index in [4.69, 9.17) is 0 Å². The second-order valence-electron chi connectivity index (χ2n) is 5.13.